The number of fused-ring (bicyclic) bond motifs is 4. The van der Waals surface area contributed by atoms with Crippen molar-refractivity contribution in [3.05, 3.63) is 107 Å². The summed E-state index contributed by atoms with van der Waals surface area (Å²) >= 11 is 1.70. The van der Waals surface area contributed by atoms with E-state index in [4.69, 9.17) is 0 Å². The molecular weight excluding hydrogens is 713 g/mol. The van der Waals surface area contributed by atoms with Crippen molar-refractivity contribution < 1.29 is 24.3 Å². The number of hydrogen-bond donors (Lipinski definition) is 4. The Morgan fingerprint density at radius 1 is 0.945 bits per heavy atom. The maximum Gasteiger partial charge on any atom is 0.255 e. The lowest BCUT2D eigenvalue weighted by molar-refractivity contribution is -0.137. The number of nitrogens with zero attached hydrogens (tertiary/aromatic N) is 3. The first-order valence-corrected chi connectivity index (χ1v) is 20.3. The summed E-state index contributed by atoms with van der Waals surface area (Å²) in [5.74, 6) is 0.294. The van der Waals surface area contributed by atoms with Crippen LogP contribution >= 0.6 is 11.8 Å². The van der Waals surface area contributed by atoms with Gasteiger partial charge >= 0.3 is 0 Å². The lowest BCUT2D eigenvalue weighted by Gasteiger charge is -2.39. The Bertz CT molecular complexity index is 2100. The molecule has 12 heteroatoms. The molecule has 4 atom stereocenters. The summed E-state index contributed by atoms with van der Waals surface area (Å²) in [4.78, 5) is 59.5. The number of aliphatic hydroxyl groups is 1. The summed E-state index contributed by atoms with van der Waals surface area (Å²) in [5, 5.41) is 19.3. The summed E-state index contributed by atoms with van der Waals surface area (Å²) < 4.78 is 0. The Hall–Kier alpha value is -5.04. The van der Waals surface area contributed by atoms with Gasteiger partial charge in [0.25, 0.3) is 5.91 Å². The van der Waals surface area contributed by atoms with Crippen molar-refractivity contribution in [3.63, 3.8) is 0 Å². The predicted molar refractivity (Wildman–Crippen MR) is 212 cm³/mol. The average Bonchev–Trinajstić information content (AvgIpc) is 3.77. The Morgan fingerprint density at radius 2 is 1.78 bits per heavy atom. The lowest BCUT2D eigenvalue weighted by Crippen LogP contribution is -2.52. The predicted octanol–water partition coefficient (Wildman–Crippen LogP) is 6.15. The number of unbranched alkanes of at least 4 members (excludes halogenated alkanes) is 2. The quantitative estimate of drug-likeness (QED) is 0.0718. The van der Waals surface area contributed by atoms with Crippen LogP contribution in [0.25, 0.3) is 11.1 Å². The van der Waals surface area contributed by atoms with E-state index in [0.717, 1.165) is 77.5 Å². The van der Waals surface area contributed by atoms with Crippen LogP contribution in [-0.2, 0) is 27.5 Å². The molecule has 0 radical (unpaired) electrons. The molecule has 2 fully saturated rings. The highest BCUT2D eigenvalue weighted by atomic mass is 32.2. The van der Waals surface area contributed by atoms with Crippen molar-refractivity contribution in [2.45, 2.75) is 81.1 Å². The van der Waals surface area contributed by atoms with Gasteiger partial charge in [-0.1, -0.05) is 30.7 Å². The Kier molecular flexibility index (Phi) is 11.0. The van der Waals surface area contributed by atoms with Gasteiger partial charge in [-0.2, -0.15) is 0 Å². The highest BCUT2D eigenvalue weighted by Gasteiger charge is 2.44. The van der Waals surface area contributed by atoms with Gasteiger partial charge in [-0.05, 0) is 114 Å². The summed E-state index contributed by atoms with van der Waals surface area (Å²) in [6.07, 6.45) is 8.30. The van der Waals surface area contributed by atoms with Crippen LogP contribution in [0.5, 0.6) is 0 Å². The van der Waals surface area contributed by atoms with E-state index >= 15 is 0 Å². The van der Waals surface area contributed by atoms with Gasteiger partial charge in [0, 0.05) is 72.1 Å². The van der Waals surface area contributed by atoms with E-state index in [0.29, 0.717) is 30.9 Å². The molecule has 1 aromatic heterocycles. The Balaban J connectivity index is 0.836. The second-order valence-electron chi connectivity index (χ2n) is 14.9. The number of likely N-dealkylation sites (tertiary alicyclic amines) is 1. The number of imide groups is 1. The number of rotatable bonds is 13. The molecule has 4 N–H and O–H groups in total. The van der Waals surface area contributed by atoms with Crippen LogP contribution in [-0.4, -0.2) is 74.5 Å². The number of carbonyl (C=O) groups is 4. The molecule has 4 aliphatic rings. The van der Waals surface area contributed by atoms with Gasteiger partial charge in [-0.3, -0.25) is 34.4 Å². The van der Waals surface area contributed by atoms with Gasteiger partial charge < -0.3 is 20.6 Å². The summed E-state index contributed by atoms with van der Waals surface area (Å²) in [6.45, 7) is 2.26. The minimum atomic E-state index is -0.624. The number of aliphatic hydroxyl groups excluding tert-OH is 1. The van der Waals surface area contributed by atoms with Crippen LogP contribution in [0.4, 0.5) is 11.4 Å². The smallest absolute Gasteiger partial charge is 0.255 e. The fraction of sp³-hybridized carbons (Fsp3) is 0.372. The molecule has 4 amide bonds. The number of anilines is 2. The Labute approximate surface area is 325 Å². The summed E-state index contributed by atoms with van der Waals surface area (Å²) in [7, 11) is 0. The van der Waals surface area contributed by atoms with Crippen molar-refractivity contribution in [1.82, 2.24) is 20.1 Å². The molecule has 2 saturated heterocycles. The standard InChI is InChI=1S/C43H46N6O5S/c50-26-36-32-17-20-48(24-27-15-18-44-19-16-27)41(32)33-23-29(11-12-35(33)46-36)28-6-4-7-30(22-28)45-39(51)10-2-1-3-21-55-38-9-5-8-31-34(38)25-49(43(31)54)37-13-14-40(52)47-42(37)53/h4-9,11-12,15-16,18-19,22-23,32,36-37,41,46,50H,1-3,10,13-14,17,20-21,24-26H2,(H,45,51)(H,47,52,53)/t32-,36-,37?,41-/m1/s1. The fourth-order valence-electron chi connectivity index (χ4n) is 8.68. The zero-order valence-corrected chi connectivity index (χ0v) is 31.5. The molecule has 4 aromatic rings. The largest absolute Gasteiger partial charge is 0.394 e. The monoisotopic (exact) mass is 758 g/mol. The molecule has 284 valence electrons. The SMILES string of the molecule is O=C1CCC(N2Cc3c(SCCCCCC(=O)Nc4cccc(-c5ccc6c(c5)[C@H]5[C@H](CCN5Cc5ccncc5)[C@@H](CO)N6)c4)cccc3C2=O)C(=O)N1. The van der Waals surface area contributed by atoms with Crippen molar-refractivity contribution in [1.29, 1.82) is 0 Å². The molecular formula is C43H46N6O5S. The average molecular weight is 759 g/mol. The third-order valence-electron chi connectivity index (χ3n) is 11.4. The molecule has 4 aliphatic heterocycles. The molecule has 0 bridgehead atoms. The summed E-state index contributed by atoms with van der Waals surface area (Å²) in [5.41, 5.74) is 7.99. The second kappa shape index (κ2) is 16.4. The summed E-state index contributed by atoms with van der Waals surface area (Å²) in [6, 6.07) is 23.9. The van der Waals surface area contributed by atoms with Crippen molar-refractivity contribution in [2.75, 3.05) is 29.5 Å². The van der Waals surface area contributed by atoms with E-state index < -0.39 is 11.9 Å². The third-order valence-corrected chi connectivity index (χ3v) is 12.6. The zero-order valence-electron chi connectivity index (χ0n) is 30.7. The zero-order chi connectivity index (χ0) is 37.9. The number of piperidine rings is 1. The van der Waals surface area contributed by atoms with E-state index in [1.165, 1.54) is 11.1 Å². The van der Waals surface area contributed by atoms with E-state index in [1.807, 2.05) is 48.8 Å². The highest BCUT2D eigenvalue weighted by Crippen LogP contribution is 2.48. The van der Waals surface area contributed by atoms with Crippen molar-refractivity contribution >= 4 is 46.8 Å². The van der Waals surface area contributed by atoms with Gasteiger partial charge in [0.1, 0.15) is 6.04 Å². The Morgan fingerprint density at radius 3 is 2.62 bits per heavy atom. The third kappa shape index (κ3) is 7.89. The maximum atomic E-state index is 13.1. The van der Waals surface area contributed by atoms with Crippen LogP contribution in [0.2, 0.25) is 0 Å². The van der Waals surface area contributed by atoms with Crippen LogP contribution in [0.3, 0.4) is 0 Å². The van der Waals surface area contributed by atoms with Crippen molar-refractivity contribution in [2.24, 2.45) is 5.92 Å². The maximum absolute atomic E-state index is 13.1. The molecule has 8 rings (SSSR count). The lowest BCUT2D eigenvalue weighted by atomic mass is 9.82. The number of nitrogens with one attached hydrogen (secondary N) is 3. The van der Waals surface area contributed by atoms with Crippen LogP contribution in [0, 0.1) is 5.92 Å². The number of aromatic nitrogens is 1. The molecule has 1 unspecified atom stereocenters. The van der Waals surface area contributed by atoms with Gasteiger partial charge in [0.05, 0.1) is 12.6 Å². The van der Waals surface area contributed by atoms with Crippen LogP contribution in [0.15, 0.2) is 90.1 Å². The van der Waals surface area contributed by atoms with Gasteiger partial charge in [-0.25, -0.2) is 0 Å². The minimum absolute atomic E-state index is 0.0111. The van der Waals surface area contributed by atoms with E-state index in [1.54, 1.807) is 16.7 Å². The van der Waals surface area contributed by atoms with Crippen LogP contribution in [0.1, 0.15) is 78.0 Å². The topological polar surface area (TPSA) is 144 Å². The first-order chi connectivity index (χ1) is 26.9. The first kappa shape index (κ1) is 36.9. The molecule has 0 spiro atoms. The molecule has 0 aliphatic carbocycles. The van der Waals surface area contributed by atoms with Crippen LogP contribution < -0.4 is 16.0 Å². The van der Waals surface area contributed by atoms with Gasteiger partial charge in [0.15, 0.2) is 0 Å². The van der Waals surface area contributed by atoms with E-state index in [2.05, 4.69) is 62.2 Å². The number of carbonyl (C=O) groups excluding carboxylic acids is 4. The number of pyridine rings is 1. The first-order valence-electron chi connectivity index (χ1n) is 19.3. The molecule has 0 saturated carbocycles. The van der Waals surface area contributed by atoms with Gasteiger partial charge in [0.2, 0.25) is 17.7 Å². The minimum Gasteiger partial charge on any atom is -0.394 e. The number of hydrogen-bond acceptors (Lipinski definition) is 9. The molecule has 3 aromatic carbocycles. The molecule has 11 nitrogen and oxygen atoms in total. The highest BCUT2D eigenvalue weighted by molar-refractivity contribution is 7.99. The molecule has 55 heavy (non-hydrogen) atoms. The number of amides is 4. The second-order valence-corrected chi connectivity index (χ2v) is 16.1. The number of benzene rings is 3. The van der Waals surface area contributed by atoms with Crippen molar-refractivity contribution in [3.8, 4) is 11.1 Å². The number of thioether (sulfide) groups is 1. The molecule has 5 heterocycles. The fourth-order valence-corrected chi connectivity index (χ4v) is 9.77. The van der Waals surface area contributed by atoms with E-state index in [-0.39, 0.29) is 42.8 Å². The van der Waals surface area contributed by atoms with Gasteiger partial charge in [-0.15, -0.1) is 11.8 Å². The van der Waals surface area contributed by atoms with E-state index in [9.17, 15) is 24.3 Å². The normalized spacial score (nSPS) is 21.8.